The molecule has 0 aliphatic heterocycles. The van der Waals surface area contributed by atoms with E-state index in [4.69, 9.17) is 4.74 Å². The third-order valence-corrected chi connectivity index (χ3v) is 5.16. The van der Waals surface area contributed by atoms with Crippen molar-refractivity contribution in [2.24, 2.45) is 0 Å². The Hall–Kier alpha value is -3.72. The number of pyridine rings is 2. The molecular weight excluding hydrogens is 460 g/mol. The van der Waals surface area contributed by atoms with Crippen LogP contribution in [0.1, 0.15) is 43.6 Å². The van der Waals surface area contributed by atoms with Crippen molar-refractivity contribution in [1.29, 1.82) is 0 Å². The van der Waals surface area contributed by atoms with Crippen LogP contribution in [0.2, 0.25) is 0 Å². The molecule has 1 amide bonds. The highest BCUT2D eigenvalue weighted by Crippen LogP contribution is 2.28. The summed E-state index contributed by atoms with van der Waals surface area (Å²) in [5, 5.41) is 9.79. The van der Waals surface area contributed by atoms with Crippen LogP contribution in [0.5, 0.6) is 5.75 Å². The third kappa shape index (κ3) is 6.89. The third-order valence-electron chi connectivity index (χ3n) is 4.85. The monoisotopic (exact) mass is 492 g/mol. The summed E-state index contributed by atoms with van der Waals surface area (Å²) in [6.45, 7) is 8.21. The molecular formula is C26H32N6O2S. The van der Waals surface area contributed by atoms with Crippen molar-refractivity contribution < 1.29 is 11.0 Å². The van der Waals surface area contributed by atoms with Crippen molar-refractivity contribution in [1.82, 2.24) is 25.1 Å². The van der Waals surface area contributed by atoms with E-state index < -0.39 is 0 Å². The molecule has 9 heteroatoms. The van der Waals surface area contributed by atoms with Gasteiger partial charge in [0.25, 0.3) is 5.91 Å². The number of nitrogens with zero attached hydrogens (tertiary/aromatic N) is 4. The molecule has 0 saturated heterocycles. The maximum atomic E-state index is 13.3. The molecule has 0 aliphatic rings. The number of carbonyl (C=O) groups is 1. The number of benzene rings is 1. The van der Waals surface area contributed by atoms with Crippen molar-refractivity contribution in [3.05, 3.63) is 71.8 Å². The van der Waals surface area contributed by atoms with Crippen molar-refractivity contribution >= 4 is 24.4 Å². The van der Waals surface area contributed by atoms with Gasteiger partial charge in [-0.15, -0.1) is 0 Å². The number of aromatic nitrogens is 5. The van der Waals surface area contributed by atoms with Crippen LogP contribution in [0.15, 0.2) is 54.7 Å². The highest BCUT2D eigenvalue weighted by Gasteiger charge is 2.16. The Morgan fingerprint density at radius 2 is 1.89 bits per heavy atom. The number of hydrogen-bond donors (Lipinski definition) is 3. The summed E-state index contributed by atoms with van der Waals surface area (Å²) in [4.78, 5) is 26.4. The molecule has 4 aromatic rings. The first kappa shape index (κ1) is 25.9. The van der Waals surface area contributed by atoms with E-state index in [2.05, 4.69) is 43.1 Å². The van der Waals surface area contributed by atoms with Crippen molar-refractivity contribution in [2.45, 2.75) is 34.1 Å². The maximum absolute atomic E-state index is 13.3. The van der Waals surface area contributed by atoms with Crippen LogP contribution in [0.3, 0.4) is 0 Å². The lowest BCUT2D eigenvalue weighted by Crippen LogP contribution is -2.15. The highest BCUT2D eigenvalue weighted by atomic mass is 32.1. The van der Waals surface area contributed by atoms with Gasteiger partial charge in [-0.1, -0.05) is 32.0 Å². The van der Waals surface area contributed by atoms with Gasteiger partial charge in [-0.05, 0) is 61.9 Å². The van der Waals surface area contributed by atoms with Crippen molar-refractivity contribution in [2.75, 3.05) is 17.7 Å². The number of H-pyrrole nitrogens is 1. The number of hydrogen-bond acceptors (Lipinski definition) is 7. The molecule has 0 atom stereocenters. The van der Waals surface area contributed by atoms with Gasteiger partial charge < -0.3 is 10.1 Å². The Morgan fingerprint density at radius 1 is 1.09 bits per heavy atom. The van der Waals surface area contributed by atoms with E-state index in [1.807, 2.05) is 52.0 Å². The van der Waals surface area contributed by atoms with E-state index in [0.717, 1.165) is 23.2 Å². The van der Waals surface area contributed by atoms with Gasteiger partial charge in [-0.3, -0.25) is 14.9 Å². The predicted molar refractivity (Wildman–Crippen MR) is 144 cm³/mol. The molecule has 0 radical (unpaired) electrons. The first-order valence-corrected chi connectivity index (χ1v) is 12.2. The van der Waals surface area contributed by atoms with Gasteiger partial charge in [-0.25, -0.2) is 9.97 Å². The molecule has 184 valence electrons. The summed E-state index contributed by atoms with van der Waals surface area (Å²) in [5.74, 6) is 2.42. The van der Waals surface area contributed by atoms with Gasteiger partial charge >= 0.3 is 0 Å². The minimum absolute atomic E-state index is 0. The van der Waals surface area contributed by atoms with E-state index in [0.29, 0.717) is 46.8 Å². The Labute approximate surface area is 212 Å². The number of carbonyl (C=O) groups excluding carboxylic acids is 1. The number of ether oxygens (including phenoxy) is 1. The SMILES string of the molecule is CC.Cc1ccc(-c2ccc(OCCCS)c(C(=O)Nc3cccc(-c4n[nH]c(C)n4)n3)c2)cn1.[HH]. The lowest BCUT2D eigenvalue weighted by molar-refractivity contribution is 0.102. The van der Waals surface area contributed by atoms with Gasteiger partial charge in [0.1, 0.15) is 23.1 Å². The first-order chi connectivity index (χ1) is 17.0. The predicted octanol–water partition coefficient (Wildman–Crippen LogP) is 5.77. The standard InChI is InChI=1S/C24H24N6O2S.C2H6.H2/c1-15-7-8-18(14-25-15)17-9-10-21(32-11-4-12-33)19(13-17)24(31)28-22-6-3-5-20(27-22)23-26-16(2)29-30-23;1-2;/h3,5-10,13-14,33H,4,11-12H2,1-2H3,(H,26,29,30)(H,27,28,31);1-2H3;1H. The second kappa shape index (κ2) is 12.7. The first-order valence-electron chi connectivity index (χ1n) is 11.5. The van der Waals surface area contributed by atoms with Crippen LogP contribution in [-0.4, -0.2) is 43.4 Å². The second-order valence-corrected chi connectivity index (χ2v) is 7.88. The largest absolute Gasteiger partial charge is 0.493 e. The smallest absolute Gasteiger partial charge is 0.260 e. The summed E-state index contributed by atoms with van der Waals surface area (Å²) in [6, 6.07) is 14.7. The molecule has 1 aromatic carbocycles. The van der Waals surface area contributed by atoms with Gasteiger partial charge in [0.05, 0.1) is 12.2 Å². The van der Waals surface area contributed by atoms with Crippen LogP contribution in [0, 0.1) is 13.8 Å². The number of anilines is 1. The Balaban J connectivity index is 0.00000148. The summed E-state index contributed by atoms with van der Waals surface area (Å²) >= 11 is 4.23. The van der Waals surface area contributed by atoms with Crippen molar-refractivity contribution in [3.8, 4) is 28.4 Å². The Morgan fingerprint density at radius 3 is 2.57 bits per heavy atom. The zero-order valence-corrected chi connectivity index (χ0v) is 21.3. The lowest BCUT2D eigenvalue weighted by atomic mass is 10.0. The fraction of sp³-hybridized carbons (Fsp3) is 0.269. The van der Waals surface area contributed by atoms with Gasteiger partial charge in [0, 0.05) is 18.9 Å². The van der Waals surface area contributed by atoms with E-state index in [-0.39, 0.29) is 7.33 Å². The van der Waals surface area contributed by atoms with Crippen LogP contribution >= 0.6 is 12.6 Å². The zero-order chi connectivity index (χ0) is 25.2. The summed E-state index contributed by atoms with van der Waals surface area (Å²) < 4.78 is 5.87. The molecule has 35 heavy (non-hydrogen) atoms. The van der Waals surface area contributed by atoms with E-state index in [1.54, 1.807) is 30.5 Å². The minimum atomic E-state index is -0.325. The molecule has 3 heterocycles. The van der Waals surface area contributed by atoms with Gasteiger partial charge in [-0.2, -0.15) is 17.7 Å². The Bertz CT molecular complexity index is 1260. The number of nitrogens with one attached hydrogen (secondary N) is 2. The van der Waals surface area contributed by atoms with E-state index in [9.17, 15) is 4.79 Å². The molecule has 0 spiro atoms. The van der Waals surface area contributed by atoms with Crippen molar-refractivity contribution in [3.63, 3.8) is 0 Å². The number of aryl methyl sites for hydroxylation is 2. The number of aromatic amines is 1. The molecule has 2 N–H and O–H groups in total. The van der Waals surface area contributed by atoms with Crippen LogP contribution in [0.25, 0.3) is 22.6 Å². The molecule has 0 fully saturated rings. The number of amides is 1. The molecule has 0 bridgehead atoms. The second-order valence-electron chi connectivity index (χ2n) is 7.43. The average molecular weight is 493 g/mol. The molecule has 8 nitrogen and oxygen atoms in total. The van der Waals surface area contributed by atoms with Crippen LogP contribution in [0.4, 0.5) is 5.82 Å². The van der Waals surface area contributed by atoms with Crippen LogP contribution < -0.4 is 10.1 Å². The average Bonchev–Trinajstić information content (AvgIpc) is 3.32. The van der Waals surface area contributed by atoms with Gasteiger partial charge in [0.15, 0.2) is 5.82 Å². The van der Waals surface area contributed by atoms with Gasteiger partial charge in [0.2, 0.25) is 0 Å². The summed E-state index contributed by atoms with van der Waals surface area (Å²) in [7, 11) is 0. The topological polar surface area (TPSA) is 106 Å². The van der Waals surface area contributed by atoms with E-state index >= 15 is 0 Å². The zero-order valence-electron chi connectivity index (χ0n) is 20.4. The fourth-order valence-electron chi connectivity index (χ4n) is 3.17. The van der Waals surface area contributed by atoms with Crippen LogP contribution in [-0.2, 0) is 0 Å². The van der Waals surface area contributed by atoms with E-state index in [1.165, 1.54) is 0 Å². The molecule has 3 aromatic heterocycles. The normalized spacial score (nSPS) is 10.3. The molecule has 0 saturated carbocycles. The Kier molecular flexibility index (Phi) is 9.37. The number of thiol groups is 1. The highest BCUT2D eigenvalue weighted by molar-refractivity contribution is 7.80. The lowest BCUT2D eigenvalue weighted by Gasteiger charge is -2.13. The minimum Gasteiger partial charge on any atom is -0.493 e. The molecule has 0 unspecified atom stereocenters. The molecule has 0 aliphatic carbocycles. The quantitative estimate of drug-likeness (QED) is 0.213. The summed E-state index contributed by atoms with van der Waals surface area (Å²) in [5.41, 5.74) is 3.68. The summed E-state index contributed by atoms with van der Waals surface area (Å²) in [6.07, 6.45) is 2.56. The maximum Gasteiger partial charge on any atom is 0.260 e. The number of rotatable bonds is 8. The fourth-order valence-corrected chi connectivity index (χ4v) is 3.30. The molecule has 4 rings (SSSR count).